The molecule has 8 nitrogen and oxygen atoms in total. The summed E-state index contributed by atoms with van der Waals surface area (Å²) in [5.41, 5.74) is 4.35. The van der Waals surface area contributed by atoms with Crippen molar-refractivity contribution in [1.82, 2.24) is 4.90 Å². The van der Waals surface area contributed by atoms with Crippen molar-refractivity contribution in [3.8, 4) is 17.2 Å². The van der Waals surface area contributed by atoms with Crippen molar-refractivity contribution in [2.24, 2.45) is 4.99 Å². The second-order valence-electron chi connectivity index (χ2n) is 8.88. The Kier molecular flexibility index (Phi) is 7.05. The molecule has 0 unspecified atom stereocenters. The van der Waals surface area contributed by atoms with Gasteiger partial charge < -0.3 is 19.5 Å². The molecule has 2 aliphatic rings. The lowest BCUT2D eigenvalue weighted by atomic mass is 10.1. The van der Waals surface area contributed by atoms with Gasteiger partial charge in [0.2, 0.25) is 18.6 Å². The van der Waals surface area contributed by atoms with Gasteiger partial charge in [-0.05, 0) is 67.4 Å². The highest BCUT2D eigenvalue weighted by Gasteiger charge is 2.36. The number of amides is 2. The molecule has 0 aromatic heterocycles. The number of carbonyl (C=O) groups is 2. The van der Waals surface area contributed by atoms with Crippen molar-refractivity contribution in [2.45, 2.75) is 32.1 Å². The minimum atomic E-state index is -0.613. The fourth-order valence-electron chi connectivity index (χ4n) is 4.15. The second-order valence-corrected chi connectivity index (χ2v) is 10.0. The Balaban J connectivity index is 1.41. The van der Waals surface area contributed by atoms with Crippen LogP contribution in [0.15, 0.2) is 65.7 Å². The fourth-order valence-corrected chi connectivity index (χ4v) is 5.25. The lowest BCUT2D eigenvalue weighted by molar-refractivity contribution is -0.129. The summed E-state index contributed by atoms with van der Waals surface area (Å²) in [7, 11) is 1.60. The lowest BCUT2D eigenvalue weighted by Gasteiger charge is -2.32. The number of nitrogens with zero attached hydrogens (tertiary/aromatic N) is 2. The van der Waals surface area contributed by atoms with Crippen LogP contribution < -0.4 is 19.5 Å². The Bertz CT molecular complexity index is 1370. The fraction of sp³-hybridized carbons (Fsp3) is 0.250. The van der Waals surface area contributed by atoms with Gasteiger partial charge in [0.05, 0.1) is 19.3 Å². The van der Waals surface area contributed by atoms with Gasteiger partial charge in [0, 0.05) is 12.1 Å². The maximum atomic E-state index is 13.4. The van der Waals surface area contributed by atoms with Crippen LogP contribution in [0.3, 0.4) is 0 Å². The van der Waals surface area contributed by atoms with E-state index in [0.29, 0.717) is 34.6 Å². The Morgan fingerprint density at radius 1 is 1.08 bits per heavy atom. The molecule has 9 heteroatoms. The highest BCUT2D eigenvalue weighted by atomic mass is 32.2. The van der Waals surface area contributed by atoms with Crippen LogP contribution in [0.25, 0.3) is 0 Å². The molecular weight excluding hydrogens is 490 g/mol. The number of carbonyl (C=O) groups excluding carboxylic acids is 2. The van der Waals surface area contributed by atoms with Crippen molar-refractivity contribution in [2.75, 3.05) is 19.2 Å². The number of thioether (sulfide) groups is 1. The molecule has 1 N–H and O–H groups in total. The summed E-state index contributed by atoms with van der Waals surface area (Å²) in [5.74, 6) is 1.63. The molecule has 0 radical (unpaired) electrons. The average molecular weight is 518 g/mol. The standard InChI is InChI=1S/C28H27N3O5S/c1-17-4-10-22(18(2)12-17)30-27(33)25-14-26(32)31(15-19-5-11-23-24(13-19)36-16-35-23)28(37-25)29-20-6-8-21(34-3)9-7-20/h4-13,25H,14-16H2,1-3H3,(H,30,33)/t25-/m0/s1. The quantitative estimate of drug-likeness (QED) is 0.483. The molecule has 1 atom stereocenters. The summed E-state index contributed by atoms with van der Waals surface area (Å²) < 4.78 is 16.1. The zero-order valence-corrected chi connectivity index (χ0v) is 21.6. The van der Waals surface area contributed by atoms with E-state index in [1.807, 2.05) is 62.4 Å². The second kappa shape index (κ2) is 10.6. The lowest BCUT2D eigenvalue weighted by Crippen LogP contribution is -2.44. The van der Waals surface area contributed by atoms with E-state index >= 15 is 0 Å². The first-order valence-electron chi connectivity index (χ1n) is 11.9. The molecule has 3 aromatic carbocycles. The summed E-state index contributed by atoms with van der Waals surface area (Å²) in [6, 6.07) is 18.7. The number of methoxy groups -OCH3 is 1. The van der Waals surface area contributed by atoms with E-state index in [1.165, 1.54) is 11.8 Å². The summed E-state index contributed by atoms with van der Waals surface area (Å²) in [5, 5.41) is 2.83. The number of fused-ring (bicyclic) bond motifs is 1. The molecule has 0 saturated carbocycles. The maximum absolute atomic E-state index is 13.4. The summed E-state index contributed by atoms with van der Waals surface area (Å²) in [6.45, 7) is 4.43. The number of aliphatic imine (C=N–C) groups is 1. The van der Waals surface area contributed by atoms with Crippen LogP contribution in [0.1, 0.15) is 23.1 Å². The van der Waals surface area contributed by atoms with Crippen molar-refractivity contribution in [3.05, 3.63) is 77.4 Å². The number of aryl methyl sites for hydroxylation is 2. The molecular formula is C28H27N3O5S. The predicted molar refractivity (Wildman–Crippen MR) is 144 cm³/mol. The predicted octanol–water partition coefficient (Wildman–Crippen LogP) is 5.20. The van der Waals surface area contributed by atoms with Crippen molar-refractivity contribution < 1.29 is 23.8 Å². The Morgan fingerprint density at radius 2 is 1.86 bits per heavy atom. The van der Waals surface area contributed by atoms with E-state index in [4.69, 9.17) is 19.2 Å². The van der Waals surface area contributed by atoms with Gasteiger partial charge in [-0.2, -0.15) is 0 Å². The number of nitrogens with one attached hydrogen (secondary N) is 1. The molecule has 2 aliphatic heterocycles. The van der Waals surface area contributed by atoms with Crippen LogP contribution in [0, 0.1) is 13.8 Å². The van der Waals surface area contributed by atoms with Crippen LogP contribution in [0.5, 0.6) is 17.2 Å². The number of rotatable bonds is 6. The highest BCUT2D eigenvalue weighted by Crippen LogP contribution is 2.35. The van der Waals surface area contributed by atoms with Crippen LogP contribution in [-0.2, 0) is 16.1 Å². The molecule has 37 heavy (non-hydrogen) atoms. The van der Waals surface area contributed by atoms with Gasteiger partial charge in [0.1, 0.15) is 11.0 Å². The number of anilines is 1. The van der Waals surface area contributed by atoms with E-state index in [-0.39, 0.29) is 25.0 Å². The summed E-state index contributed by atoms with van der Waals surface area (Å²) >= 11 is 1.29. The first-order chi connectivity index (χ1) is 17.9. The molecule has 5 rings (SSSR count). The molecule has 1 saturated heterocycles. The van der Waals surface area contributed by atoms with Crippen molar-refractivity contribution >= 4 is 40.1 Å². The largest absolute Gasteiger partial charge is 0.497 e. The van der Waals surface area contributed by atoms with Gasteiger partial charge in [0.15, 0.2) is 16.7 Å². The SMILES string of the molecule is COc1ccc(N=C2S[C@H](C(=O)Nc3ccc(C)cc3C)CC(=O)N2Cc2ccc3c(c2)OCO3)cc1. The Labute approximate surface area is 219 Å². The molecule has 0 aliphatic carbocycles. The summed E-state index contributed by atoms with van der Waals surface area (Å²) in [4.78, 5) is 33.0. The van der Waals surface area contributed by atoms with Crippen LogP contribution in [-0.4, -0.2) is 41.0 Å². The maximum Gasteiger partial charge on any atom is 0.238 e. The third kappa shape index (κ3) is 5.56. The molecule has 0 spiro atoms. The molecule has 2 amide bonds. The van der Waals surface area contributed by atoms with Crippen molar-refractivity contribution in [1.29, 1.82) is 0 Å². The van der Waals surface area contributed by atoms with Gasteiger partial charge >= 0.3 is 0 Å². The number of benzene rings is 3. The monoisotopic (exact) mass is 517 g/mol. The van der Waals surface area contributed by atoms with Crippen LogP contribution in [0.4, 0.5) is 11.4 Å². The normalized spacial score (nSPS) is 17.7. The van der Waals surface area contributed by atoms with Crippen LogP contribution >= 0.6 is 11.8 Å². The number of ether oxygens (including phenoxy) is 3. The highest BCUT2D eigenvalue weighted by molar-refractivity contribution is 8.15. The first-order valence-corrected chi connectivity index (χ1v) is 12.7. The van der Waals surface area contributed by atoms with Crippen molar-refractivity contribution in [3.63, 3.8) is 0 Å². The third-order valence-electron chi connectivity index (χ3n) is 6.15. The number of amidine groups is 1. The van der Waals surface area contributed by atoms with Gasteiger partial charge in [0.25, 0.3) is 0 Å². The van der Waals surface area contributed by atoms with E-state index in [0.717, 1.165) is 22.4 Å². The first kappa shape index (κ1) is 24.7. The van der Waals surface area contributed by atoms with E-state index in [9.17, 15) is 9.59 Å². The van der Waals surface area contributed by atoms with Gasteiger partial charge in [-0.1, -0.05) is 35.5 Å². The van der Waals surface area contributed by atoms with E-state index in [2.05, 4.69) is 5.32 Å². The molecule has 1 fully saturated rings. The van der Waals surface area contributed by atoms with E-state index < -0.39 is 5.25 Å². The minimum Gasteiger partial charge on any atom is -0.497 e. The average Bonchev–Trinajstić information content (AvgIpc) is 3.36. The third-order valence-corrected chi connectivity index (χ3v) is 7.33. The van der Waals surface area contributed by atoms with E-state index in [1.54, 1.807) is 24.1 Å². The molecule has 0 bridgehead atoms. The number of hydrogen-bond acceptors (Lipinski definition) is 7. The zero-order chi connectivity index (χ0) is 25.9. The zero-order valence-electron chi connectivity index (χ0n) is 20.8. The van der Waals surface area contributed by atoms with Gasteiger partial charge in [-0.3, -0.25) is 14.5 Å². The Hall–Kier alpha value is -3.98. The van der Waals surface area contributed by atoms with Gasteiger partial charge in [-0.25, -0.2) is 4.99 Å². The molecule has 3 aromatic rings. The van der Waals surface area contributed by atoms with Crippen LogP contribution in [0.2, 0.25) is 0 Å². The number of hydrogen-bond donors (Lipinski definition) is 1. The molecule has 2 heterocycles. The topological polar surface area (TPSA) is 89.5 Å². The molecule has 190 valence electrons. The van der Waals surface area contributed by atoms with Gasteiger partial charge in [-0.15, -0.1) is 0 Å². The Morgan fingerprint density at radius 3 is 2.62 bits per heavy atom. The summed E-state index contributed by atoms with van der Waals surface area (Å²) in [6.07, 6.45) is 0.0631. The smallest absolute Gasteiger partial charge is 0.238 e. The minimum absolute atomic E-state index is 0.0631.